The number of hydrogen-bond acceptors (Lipinski definition) is 4. The van der Waals surface area contributed by atoms with Crippen LogP contribution in [-0.2, 0) is 0 Å². The number of aromatic amines is 1. The lowest BCUT2D eigenvalue weighted by Gasteiger charge is -2.06. The van der Waals surface area contributed by atoms with E-state index in [2.05, 4.69) is 20.3 Å². The number of nitrogens with zero attached hydrogens (tertiary/aromatic N) is 2. The molecule has 6 heteroatoms. The molecular weight excluding hydrogens is 280 g/mol. The van der Waals surface area contributed by atoms with E-state index in [1.807, 2.05) is 12.1 Å². The highest BCUT2D eigenvalue weighted by Crippen LogP contribution is 2.18. The minimum absolute atomic E-state index is 0.171. The third-order valence-electron chi connectivity index (χ3n) is 3.06. The Morgan fingerprint density at radius 1 is 1.05 bits per heavy atom. The van der Waals surface area contributed by atoms with Crippen molar-refractivity contribution < 1.29 is 4.79 Å². The van der Waals surface area contributed by atoms with E-state index in [0.717, 1.165) is 11.1 Å². The predicted molar refractivity (Wildman–Crippen MR) is 82.5 cm³/mol. The fourth-order valence-corrected chi connectivity index (χ4v) is 1.97. The van der Waals surface area contributed by atoms with E-state index in [0.29, 0.717) is 0 Å². The lowest BCUT2D eigenvalue weighted by Crippen LogP contribution is -2.20. The first-order valence-corrected chi connectivity index (χ1v) is 6.59. The van der Waals surface area contributed by atoms with Gasteiger partial charge < -0.3 is 10.3 Å². The smallest absolute Gasteiger partial charge is 0.274 e. The number of pyridine rings is 3. The maximum absolute atomic E-state index is 12.1. The molecule has 0 fully saturated rings. The number of rotatable bonds is 3. The van der Waals surface area contributed by atoms with E-state index in [1.54, 1.807) is 42.9 Å². The summed E-state index contributed by atoms with van der Waals surface area (Å²) in [4.78, 5) is 34.5. The lowest BCUT2D eigenvalue weighted by molar-refractivity contribution is 0.102. The van der Waals surface area contributed by atoms with Gasteiger partial charge in [-0.3, -0.25) is 19.6 Å². The van der Waals surface area contributed by atoms with Gasteiger partial charge in [-0.05, 0) is 35.9 Å². The Labute approximate surface area is 125 Å². The highest BCUT2D eigenvalue weighted by molar-refractivity contribution is 6.02. The molecule has 3 aromatic rings. The van der Waals surface area contributed by atoms with Crippen LogP contribution >= 0.6 is 0 Å². The molecule has 0 aliphatic heterocycles. The van der Waals surface area contributed by atoms with Crippen molar-refractivity contribution in [3.05, 3.63) is 77.2 Å². The van der Waals surface area contributed by atoms with Crippen LogP contribution in [0.3, 0.4) is 0 Å². The van der Waals surface area contributed by atoms with Crippen molar-refractivity contribution in [1.82, 2.24) is 15.0 Å². The summed E-state index contributed by atoms with van der Waals surface area (Å²) >= 11 is 0. The molecule has 1 amide bonds. The third-order valence-corrected chi connectivity index (χ3v) is 3.06. The van der Waals surface area contributed by atoms with Crippen LogP contribution in [0.25, 0.3) is 11.1 Å². The number of H-pyrrole nitrogens is 1. The van der Waals surface area contributed by atoms with Crippen molar-refractivity contribution in [1.29, 1.82) is 0 Å². The molecule has 0 aliphatic rings. The Hall–Kier alpha value is -3.28. The standard InChI is InChI=1S/C16H12N4O2/c21-15-14(20-16(22)13-3-1-2-6-18-13)9-12(10-19-15)11-4-7-17-8-5-11/h1-10H,(H,19,21)(H,20,22). The van der Waals surface area contributed by atoms with Gasteiger partial charge in [0.2, 0.25) is 0 Å². The van der Waals surface area contributed by atoms with Crippen LogP contribution < -0.4 is 10.9 Å². The van der Waals surface area contributed by atoms with E-state index >= 15 is 0 Å². The van der Waals surface area contributed by atoms with E-state index in [9.17, 15) is 9.59 Å². The summed E-state index contributed by atoms with van der Waals surface area (Å²) in [6.07, 6.45) is 6.43. The van der Waals surface area contributed by atoms with Gasteiger partial charge in [0.05, 0.1) is 0 Å². The molecule has 0 spiro atoms. The molecule has 0 unspecified atom stereocenters. The molecule has 3 rings (SSSR count). The molecule has 0 saturated carbocycles. The van der Waals surface area contributed by atoms with Gasteiger partial charge in [0.1, 0.15) is 11.4 Å². The Balaban J connectivity index is 1.91. The van der Waals surface area contributed by atoms with Crippen LogP contribution in [0.15, 0.2) is 66.0 Å². The molecule has 0 radical (unpaired) electrons. The zero-order chi connectivity index (χ0) is 15.4. The molecule has 108 valence electrons. The van der Waals surface area contributed by atoms with Crippen molar-refractivity contribution >= 4 is 11.6 Å². The lowest BCUT2D eigenvalue weighted by atomic mass is 10.1. The Morgan fingerprint density at radius 2 is 1.86 bits per heavy atom. The van der Waals surface area contributed by atoms with Crippen LogP contribution in [0, 0.1) is 0 Å². The van der Waals surface area contributed by atoms with Gasteiger partial charge in [-0.1, -0.05) is 6.07 Å². The topological polar surface area (TPSA) is 87.7 Å². The average molecular weight is 292 g/mol. The van der Waals surface area contributed by atoms with Crippen molar-refractivity contribution in [3.63, 3.8) is 0 Å². The number of hydrogen-bond donors (Lipinski definition) is 2. The van der Waals surface area contributed by atoms with E-state index < -0.39 is 5.91 Å². The van der Waals surface area contributed by atoms with Gasteiger partial charge in [0.25, 0.3) is 11.5 Å². The third kappa shape index (κ3) is 2.90. The van der Waals surface area contributed by atoms with Crippen molar-refractivity contribution in [2.75, 3.05) is 5.32 Å². The number of anilines is 1. The monoisotopic (exact) mass is 292 g/mol. The van der Waals surface area contributed by atoms with Crippen molar-refractivity contribution in [3.8, 4) is 11.1 Å². The summed E-state index contributed by atoms with van der Waals surface area (Å²) in [6.45, 7) is 0. The van der Waals surface area contributed by atoms with Crippen LogP contribution in [0.2, 0.25) is 0 Å². The van der Waals surface area contributed by atoms with E-state index in [-0.39, 0.29) is 16.9 Å². The molecule has 2 N–H and O–H groups in total. The molecule has 22 heavy (non-hydrogen) atoms. The highest BCUT2D eigenvalue weighted by atomic mass is 16.2. The number of carbonyl (C=O) groups is 1. The van der Waals surface area contributed by atoms with Gasteiger partial charge in [-0.25, -0.2) is 0 Å². The molecule has 6 nitrogen and oxygen atoms in total. The molecule has 0 atom stereocenters. The highest BCUT2D eigenvalue weighted by Gasteiger charge is 2.10. The molecule has 0 aliphatic carbocycles. The Kier molecular flexibility index (Phi) is 3.74. The number of aromatic nitrogens is 3. The van der Waals surface area contributed by atoms with Crippen molar-refractivity contribution in [2.24, 2.45) is 0 Å². The summed E-state index contributed by atoms with van der Waals surface area (Å²) in [7, 11) is 0. The Morgan fingerprint density at radius 3 is 2.59 bits per heavy atom. The van der Waals surface area contributed by atoms with Crippen LogP contribution in [-0.4, -0.2) is 20.9 Å². The van der Waals surface area contributed by atoms with Gasteiger partial charge >= 0.3 is 0 Å². The number of carbonyl (C=O) groups excluding carboxylic acids is 1. The minimum atomic E-state index is -0.432. The van der Waals surface area contributed by atoms with E-state index in [1.165, 1.54) is 6.20 Å². The maximum atomic E-state index is 12.1. The minimum Gasteiger partial charge on any atom is -0.327 e. The maximum Gasteiger partial charge on any atom is 0.274 e. The summed E-state index contributed by atoms with van der Waals surface area (Å²) in [6, 6.07) is 10.3. The first-order valence-electron chi connectivity index (χ1n) is 6.59. The van der Waals surface area contributed by atoms with Crippen LogP contribution in [0.1, 0.15) is 10.5 Å². The van der Waals surface area contributed by atoms with Crippen molar-refractivity contribution in [2.45, 2.75) is 0 Å². The molecule has 3 heterocycles. The second-order valence-electron chi connectivity index (χ2n) is 4.54. The fourth-order valence-electron chi connectivity index (χ4n) is 1.97. The summed E-state index contributed by atoms with van der Waals surface area (Å²) < 4.78 is 0. The largest absolute Gasteiger partial charge is 0.327 e. The number of amides is 1. The summed E-state index contributed by atoms with van der Waals surface area (Å²) in [5.41, 5.74) is 1.71. The summed E-state index contributed by atoms with van der Waals surface area (Å²) in [5.74, 6) is -0.432. The quantitative estimate of drug-likeness (QED) is 0.773. The molecule has 0 saturated heterocycles. The number of nitrogens with one attached hydrogen (secondary N) is 2. The Bertz CT molecular complexity index is 845. The normalized spacial score (nSPS) is 10.2. The van der Waals surface area contributed by atoms with Gasteiger partial charge in [0.15, 0.2) is 0 Å². The first-order chi connectivity index (χ1) is 10.7. The zero-order valence-electron chi connectivity index (χ0n) is 11.5. The zero-order valence-corrected chi connectivity index (χ0v) is 11.5. The first kappa shape index (κ1) is 13.7. The van der Waals surface area contributed by atoms with Crippen LogP contribution in [0.5, 0.6) is 0 Å². The molecular formula is C16H12N4O2. The van der Waals surface area contributed by atoms with Gasteiger partial charge in [-0.2, -0.15) is 0 Å². The second kappa shape index (κ2) is 6.01. The second-order valence-corrected chi connectivity index (χ2v) is 4.54. The van der Waals surface area contributed by atoms with Crippen LogP contribution in [0.4, 0.5) is 5.69 Å². The average Bonchev–Trinajstić information content (AvgIpc) is 2.58. The van der Waals surface area contributed by atoms with Gasteiger partial charge in [-0.15, -0.1) is 0 Å². The predicted octanol–water partition coefficient (Wildman–Crippen LogP) is 2.08. The van der Waals surface area contributed by atoms with Gasteiger partial charge in [0, 0.05) is 30.4 Å². The van der Waals surface area contributed by atoms with E-state index in [4.69, 9.17) is 0 Å². The SMILES string of the molecule is O=C(Nc1cc(-c2ccncc2)c[nH]c1=O)c1ccccn1. The summed E-state index contributed by atoms with van der Waals surface area (Å²) in [5, 5.41) is 2.58. The fraction of sp³-hybridized carbons (Fsp3) is 0. The molecule has 3 aromatic heterocycles. The molecule has 0 bridgehead atoms. The molecule has 0 aromatic carbocycles.